The van der Waals surface area contributed by atoms with Gasteiger partial charge in [0.25, 0.3) is 0 Å². The third-order valence-corrected chi connectivity index (χ3v) is 4.77. The molecule has 0 saturated heterocycles. The van der Waals surface area contributed by atoms with E-state index in [0.717, 1.165) is 11.3 Å². The second-order valence-electron chi connectivity index (χ2n) is 5.73. The average Bonchev–Trinajstić information content (AvgIpc) is 2.61. The second-order valence-corrected chi connectivity index (χ2v) is 7.12. The molecule has 0 bridgehead atoms. The van der Waals surface area contributed by atoms with E-state index in [9.17, 15) is 14.3 Å². The number of thioether (sulfide) groups is 1. The molecule has 0 amide bonds. The van der Waals surface area contributed by atoms with Crippen molar-refractivity contribution >= 4 is 29.3 Å². The van der Waals surface area contributed by atoms with Crippen LogP contribution >= 0.6 is 23.4 Å². The van der Waals surface area contributed by atoms with Crippen LogP contribution in [0.4, 0.5) is 4.39 Å². The van der Waals surface area contributed by atoms with Crippen LogP contribution in [0, 0.1) is 5.82 Å². The maximum atomic E-state index is 13.1. The first kappa shape index (κ1) is 20.6. The van der Waals surface area contributed by atoms with Crippen LogP contribution in [0.2, 0.25) is 5.02 Å². The van der Waals surface area contributed by atoms with Crippen molar-refractivity contribution in [1.29, 1.82) is 0 Å². The van der Waals surface area contributed by atoms with Gasteiger partial charge in [-0.15, -0.1) is 0 Å². The lowest BCUT2D eigenvalue weighted by Crippen LogP contribution is -2.36. The van der Waals surface area contributed by atoms with Gasteiger partial charge in [-0.05, 0) is 48.3 Å². The smallest absolute Gasteiger partial charge is 0.320 e. The number of nitrogens with one attached hydrogen (secondary N) is 1. The van der Waals surface area contributed by atoms with Gasteiger partial charge in [-0.2, -0.15) is 11.8 Å². The molecule has 140 valence electrons. The topological polar surface area (TPSA) is 58.6 Å². The summed E-state index contributed by atoms with van der Waals surface area (Å²) in [5.74, 6) is 0.185. The molecule has 0 aliphatic heterocycles. The summed E-state index contributed by atoms with van der Waals surface area (Å²) in [5.41, 5.74) is 1.61. The lowest BCUT2D eigenvalue weighted by molar-refractivity contribution is -0.139. The Morgan fingerprint density at radius 1 is 1.35 bits per heavy atom. The van der Waals surface area contributed by atoms with E-state index in [1.807, 2.05) is 30.5 Å². The number of hydrogen-bond acceptors (Lipinski definition) is 4. The summed E-state index contributed by atoms with van der Waals surface area (Å²) in [6, 6.07) is 11.0. The van der Waals surface area contributed by atoms with Crippen LogP contribution in [0.1, 0.15) is 17.5 Å². The Morgan fingerprint density at radius 3 is 2.85 bits per heavy atom. The molecule has 0 fully saturated rings. The van der Waals surface area contributed by atoms with Gasteiger partial charge < -0.3 is 15.2 Å². The molecule has 1 atom stereocenters. The minimum atomic E-state index is -0.850. The summed E-state index contributed by atoms with van der Waals surface area (Å²) in [7, 11) is 0. The Balaban J connectivity index is 1.93. The highest BCUT2D eigenvalue weighted by molar-refractivity contribution is 7.98. The zero-order valence-electron chi connectivity index (χ0n) is 14.4. The van der Waals surface area contributed by atoms with Gasteiger partial charge in [0, 0.05) is 12.1 Å². The first-order valence-corrected chi connectivity index (χ1v) is 9.87. The molecule has 0 aliphatic rings. The highest BCUT2D eigenvalue weighted by Crippen LogP contribution is 2.20. The van der Waals surface area contributed by atoms with Crippen molar-refractivity contribution in [2.45, 2.75) is 25.6 Å². The van der Waals surface area contributed by atoms with Crippen LogP contribution in [-0.4, -0.2) is 29.1 Å². The molecule has 0 spiro atoms. The molecule has 1 unspecified atom stereocenters. The predicted molar refractivity (Wildman–Crippen MR) is 103 cm³/mol. The quantitative estimate of drug-likeness (QED) is 0.624. The molecule has 2 aromatic carbocycles. The SMILES string of the molecule is CSCCC(NCc1cccc(OCc2ccc(F)cc2Cl)c1)C(=O)O. The van der Waals surface area contributed by atoms with Gasteiger partial charge in [-0.25, -0.2) is 4.39 Å². The fraction of sp³-hybridized carbons (Fsp3) is 0.316. The summed E-state index contributed by atoms with van der Waals surface area (Å²) >= 11 is 7.62. The van der Waals surface area contributed by atoms with E-state index in [-0.39, 0.29) is 12.4 Å². The van der Waals surface area contributed by atoms with E-state index >= 15 is 0 Å². The van der Waals surface area contributed by atoms with Crippen LogP contribution in [0.5, 0.6) is 5.75 Å². The summed E-state index contributed by atoms with van der Waals surface area (Å²) in [5, 5.41) is 12.6. The van der Waals surface area contributed by atoms with Crippen LogP contribution < -0.4 is 10.1 Å². The Labute approximate surface area is 161 Å². The van der Waals surface area contributed by atoms with Crippen molar-refractivity contribution in [3.8, 4) is 5.75 Å². The van der Waals surface area contributed by atoms with E-state index < -0.39 is 12.0 Å². The number of aliphatic carboxylic acids is 1. The number of carbonyl (C=O) groups is 1. The minimum absolute atomic E-state index is 0.224. The maximum absolute atomic E-state index is 13.1. The van der Waals surface area contributed by atoms with E-state index in [1.165, 1.54) is 12.1 Å². The van der Waals surface area contributed by atoms with Crippen molar-refractivity contribution < 1.29 is 19.0 Å². The first-order valence-electron chi connectivity index (χ1n) is 8.10. The standard InChI is InChI=1S/C19H21ClFNO3S/c1-26-8-7-18(19(23)24)22-11-13-3-2-4-16(9-13)25-12-14-5-6-15(21)10-17(14)20/h2-6,9-10,18,22H,7-8,11-12H2,1H3,(H,23,24). The summed E-state index contributed by atoms with van der Waals surface area (Å²) < 4.78 is 18.8. The maximum Gasteiger partial charge on any atom is 0.320 e. The van der Waals surface area contributed by atoms with E-state index in [2.05, 4.69) is 5.32 Å². The molecular formula is C19H21ClFNO3S. The third-order valence-electron chi connectivity index (χ3n) is 3.77. The van der Waals surface area contributed by atoms with Crippen molar-refractivity contribution in [3.05, 3.63) is 64.4 Å². The normalized spacial score (nSPS) is 12.0. The van der Waals surface area contributed by atoms with Crippen LogP contribution in [0.15, 0.2) is 42.5 Å². The second kappa shape index (κ2) is 10.4. The average molecular weight is 398 g/mol. The number of benzene rings is 2. The van der Waals surface area contributed by atoms with Gasteiger partial charge in [-0.1, -0.05) is 29.8 Å². The molecule has 2 rings (SSSR count). The Hall–Kier alpha value is -1.76. The minimum Gasteiger partial charge on any atom is -0.489 e. The summed E-state index contributed by atoms with van der Waals surface area (Å²) in [6.07, 6.45) is 2.52. The zero-order chi connectivity index (χ0) is 18.9. The van der Waals surface area contributed by atoms with Crippen molar-refractivity contribution in [2.75, 3.05) is 12.0 Å². The monoisotopic (exact) mass is 397 g/mol. The van der Waals surface area contributed by atoms with Crippen LogP contribution in [0.25, 0.3) is 0 Å². The van der Waals surface area contributed by atoms with Crippen molar-refractivity contribution in [1.82, 2.24) is 5.32 Å². The largest absolute Gasteiger partial charge is 0.489 e. The van der Waals surface area contributed by atoms with E-state index in [0.29, 0.717) is 29.3 Å². The lowest BCUT2D eigenvalue weighted by Gasteiger charge is -2.14. The molecule has 0 aromatic heterocycles. The predicted octanol–water partition coefficient (Wildman–Crippen LogP) is 4.35. The van der Waals surface area contributed by atoms with Crippen molar-refractivity contribution in [2.24, 2.45) is 0 Å². The number of halogens is 2. The molecule has 7 heteroatoms. The van der Waals surface area contributed by atoms with Gasteiger partial charge >= 0.3 is 5.97 Å². The molecule has 0 radical (unpaired) electrons. The molecule has 2 N–H and O–H groups in total. The van der Waals surface area contributed by atoms with Gasteiger partial charge in [-0.3, -0.25) is 4.79 Å². The van der Waals surface area contributed by atoms with Gasteiger partial charge in [0.15, 0.2) is 0 Å². The molecule has 2 aromatic rings. The fourth-order valence-corrected chi connectivity index (χ4v) is 3.03. The number of hydrogen-bond donors (Lipinski definition) is 2. The van der Waals surface area contributed by atoms with Crippen LogP contribution in [-0.2, 0) is 17.9 Å². The zero-order valence-corrected chi connectivity index (χ0v) is 15.9. The molecular weight excluding hydrogens is 377 g/mol. The summed E-state index contributed by atoms with van der Waals surface area (Å²) in [6.45, 7) is 0.654. The Morgan fingerprint density at radius 2 is 2.15 bits per heavy atom. The number of ether oxygens (including phenoxy) is 1. The highest BCUT2D eigenvalue weighted by atomic mass is 35.5. The van der Waals surface area contributed by atoms with E-state index in [1.54, 1.807) is 17.8 Å². The Kier molecular flexibility index (Phi) is 8.22. The molecule has 0 aliphatic carbocycles. The van der Waals surface area contributed by atoms with Crippen molar-refractivity contribution in [3.63, 3.8) is 0 Å². The molecule has 0 saturated carbocycles. The van der Waals surface area contributed by atoms with Gasteiger partial charge in [0.1, 0.15) is 24.2 Å². The molecule has 4 nitrogen and oxygen atoms in total. The lowest BCUT2D eigenvalue weighted by atomic mass is 10.1. The highest BCUT2D eigenvalue weighted by Gasteiger charge is 2.16. The summed E-state index contributed by atoms with van der Waals surface area (Å²) in [4.78, 5) is 11.3. The molecule has 26 heavy (non-hydrogen) atoms. The number of carboxylic acids is 1. The first-order chi connectivity index (χ1) is 12.5. The van der Waals surface area contributed by atoms with Crippen LogP contribution in [0.3, 0.4) is 0 Å². The Bertz CT molecular complexity index is 744. The third kappa shape index (κ3) is 6.52. The van der Waals surface area contributed by atoms with Gasteiger partial charge in [0.05, 0.1) is 5.02 Å². The number of carboxylic acid groups (broad SMARTS) is 1. The van der Waals surface area contributed by atoms with Gasteiger partial charge in [0.2, 0.25) is 0 Å². The number of rotatable bonds is 10. The molecule has 0 heterocycles. The van der Waals surface area contributed by atoms with E-state index in [4.69, 9.17) is 16.3 Å². The fourth-order valence-electron chi connectivity index (χ4n) is 2.33.